The molecule has 154 valence electrons. The molecular formula is C22H29N5O2. The highest BCUT2D eigenvalue weighted by atomic mass is 16.2. The Morgan fingerprint density at radius 3 is 2.52 bits per heavy atom. The Bertz CT molecular complexity index is 874. The number of carbonyl (C=O) groups excluding carboxylic acids is 1. The summed E-state index contributed by atoms with van der Waals surface area (Å²) in [6.45, 7) is 5.51. The third kappa shape index (κ3) is 5.09. The largest absolute Gasteiger partial charge is 0.341 e. The van der Waals surface area contributed by atoms with Crippen molar-refractivity contribution < 1.29 is 4.79 Å². The van der Waals surface area contributed by atoms with Crippen LogP contribution in [-0.4, -0.2) is 63.0 Å². The first-order valence-corrected chi connectivity index (χ1v) is 10.7. The zero-order chi connectivity index (χ0) is 20.1. The van der Waals surface area contributed by atoms with Gasteiger partial charge in [-0.25, -0.2) is 4.98 Å². The lowest BCUT2D eigenvalue weighted by Crippen LogP contribution is -2.43. The maximum atomic E-state index is 12.5. The molecule has 0 bridgehead atoms. The number of nitrogens with zero attached hydrogens (tertiary/aromatic N) is 5. The van der Waals surface area contributed by atoms with Gasteiger partial charge in [0.2, 0.25) is 5.91 Å². The molecule has 4 rings (SSSR count). The third-order valence-electron chi connectivity index (χ3n) is 6.13. The first kappa shape index (κ1) is 19.8. The SMILES string of the molecule is O=C1CCCCN1CCN1CCC(Cn2cnc(-c3ccncc3)cc2=O)CC1. The molecule has 29 heavy (non-hydrogen) atoms. The van der Waals surface area contributed by atoms with Crippen molar-refractivity contribution in [3.8, 4) is 11.3 Å². The van der Waals surface area contributed by atoms with E-state index in [1.165, 1.54) is 0 Å². The number of rotatable bonds is 6. The Balaban J connectivity index is 1.26. The van der Waals surface area contributed by atoms with Crippen molar-refractivity contribution in [1.29, 1.82) is 0 Å². The molecule has 7 nitrogen and oxygen atoms in total. The Morgan fingerprint density at radius 2 is 1.79 bits per heavy atom. The van der Waals surface area contributed by atoms with Crippen LogP contribution in [0.3, 0.4) is 0 Å². The Kier molecular flexibility index (Phi) is 6.34. The molecule has 0 N–H and O–H groups in total. The number of hydrogen-bond acceptors (Lipinski definition) is 5. The van der Waals surface area contributed by atoms with Crippen LogP contribution < -0.4 is 5.56 Å². The van der Waals surface area contributed by atoms with Gasteiger partial charge in [0, 0.05) is 56.6 Å². The van der Waals surface area contributed by atoms with Crippen LogP contribution >= 0.6 is 0 Å². The number of hydrogen-bond donors (Lipinski definition) is 0. The van der Waals surface area contributed by atoms with E-state index in [4.69, 9.17) is 0 Å². The Morgan fingerprint density at radius 1 is 1.00 bits per heavy atom. The summed E-state index contributed by atoms with van der Waals surface area (Å²) in [5.74, 6) is 0.808. The van der Waals surface area contributed by atoms with Crippen LogP contribution in [0.2, 0.25) is 0 Å². The summed E-state index contributed by atoms with van der Waals surface area (Å²) in [5, 5.41) is 0. The molecule has 0 saturated carbocycles. The number of piperidine rings is 2. The summed E-state index contributed by atoms with van der Waals surface area (Å²) in [7, 11) is 0. The minimum Gasteiger partial charge on any atom is -0.341 e. The molecule has 0 radical (unpaired) electrons. The molecule has 2 aliphatic rings. The highest BCUT2D eigenvalue weighted by Crippen LogP contribution is 2.19. The number of likely N-dealkylation sites (tertiary alicyclic amines) is 2. The van der Waals surface area contributed by atoms with E-state index in [2.05, 4.69) is 14.9 Å². The average Bonchev–Trinajstić information content (AvgIpc) is 2.76. The quantitative estimate of drug-likeness (QED) is 0.748. The van der Waals surface area contributed by atoms with Gasteiger partial charge < -0.3 is 9.80 Å². The summed E-state index contributed by atoms with van der Waals surface area (Å²) in [6.07, 6.45) is 10.1. The van der Waals surface area contributed by atoms with E-state index in [0.29, 0.717) is 23.9 Å². The van der Waals surface area contributed by atoms with Crippen molar-refractivity contribution >= 4 is 5.91 Å². The van der Waals surface area contributed by atoms with Crippen molar-refractivity contribution in [2.45, 2.75) is 38.6 Å². The lowest BCUT2D eigenvalue weighted by Gasteiger charge is -2.34. The summed E-state index contributed by atoms with van der Waals surface area (Å²) in [5.41, 5.74) is 1.60. The molecule has 2 aromatic heterocycles. The van der Waals surface area contributed by atoms with E-state index in [1.807, 2.05) is 17.0 Å². The highest BCUT2D eigenvalue weighted by molar-refractivity contribution is 5.76. The third-order valence-corrected chi connectivity index (χ3v) is 6.13. The molecular weight excluding hydrogens is 366 g/mol. The topological polar surface area (TPSA) is 71.3 Å². The van der Waals surface area contributed by atoms with Crippen molar-refractivity contribution in [3.63, 3.8) is 0 Å². The van der Waals surface area contributed by atoms with Gasteiger partial charge >= 0.3 is 0 Å². The minimum absolute atomic E-state index is 0.00199. The van der Waals surface area contributed by atoms with Crippen LogP contribution in [-0.2, 0) is 11.3 Å². The summed E-state index contributed by atoms with van der Waals surface area (Å²) < 4.78 is 1.73. The maximum Gasteiger partial charge on any atom is 0.253 e. The van der Waals surface area contributed by atoms with E-state index in [9.17, 15) is 9.59 Å². The number of carbonyl (C=O) groups is 1. The normalized spacial score (nSPS) is 18.9. The molecule has 0 aromatic carbocycles. The van der Waals surface area contributed by atoms with Crippen molar-refractivity contribution in [1.82, 2.24) is 24.3 Å². The molecule has 2 aromatic rings. The van der Waals surface area contributed by atoms with Gasteiger partial charge in [0.15, 0.2) is 0 Å². The zero-order valence-electron chi connectivity index (χ0n) is 16.9. The van der Waals surface area contributed by atoms with Crippen molar-refractivity contribution in [2.24, 2.45) is 5.92 Å². The second kappa shape index (κ2) is 9.31. The fraction of sp³-hybridized carbons (Fsp3) is 0.545. The van der Waals surface area contributed by atoms with Gasteiger partial charge in [-0.1, -0.05) is 0 Å². The number of aromatic nitrogens is 3. The Labute approximate surface area is 171 Å². The second-order valence-corrected chi connectivity index (χ2v) is 8.12. The van der Waals surface area contributed by atoms with Crippen LogP contribution in [0.4, 0.5) is 0 Å². The van der Waals surface area contributed by atoms with E-state index in [-0.39, 0.29) is 5.56 Å². The predicted molar refractivity (Wildman–Crippen MR) is 111 cm³/mol. The van der Waals surface area contributed by atoms with Crippen LogP contribution in [0, 0.1) is 5.92 Å². The van der Waals surface area contributed by atoms with Gasteiger partial charge in [0.25, 0.3) is 5.56 Å². The first-order chi connectivity index (χ1) is 14.2. The fourth-order valence-corrected chi connectivity index (χ4v) is 4.27. The molecule has 0 aliphatic carbocycles. The van der Waals surface area contributed by atoms with Crippen LogP contribution in [0.5, 0.6) is 0 Å². The minimum atomic E-state index is -0.00199. The monoisotopic (exact) mass is 395 g/mol. The van der Waals surface area contributed by atoms with E-state index in [1.54, 1.807) is 29.4 Å². The van der Waals surface area contributed by atoms with E-state index in [0.717, 1.165) is 70.5 Å². The predicted octanol–water partition coefficient (Wildman–Crippen LogP) is 2.03. The molecule has 0 atom stereocenters. The van der Waals surface area contributed by atoms with Gasteiger partial charge in [0.05, 0.1) is 12.0 Å². The van der Waals surface area contributed by atoms with Gasteiger partial charge in [-0.15, -0.1) is 0 Å². The molecule has 0 unspecified atom stereocenters. The summed E-state index contributed by atoms with van der Waals surface area (Å²) in [4.78, 5) is 37.4. The number of pyridine rings is 1. The molecule has 2 saturated heterocycles. The van der Waals surface area contributed by atoms with Crippen molar-refractivity contribution in [3.05, 3.63) is 47.3 Å². The van der Waals surface area contributed by atoms with Gasteiger partial charge in [0.1, 0.15) is 0 Å². The first-order valence-electron chi connectivity index (χ1n) is 10.7. The van der Waals surface area contributed by atoms with Gasteiger partial charge in [-0.2, -0.15) is 0 Å². The lowest BCUT2D eigenvalue weighted by molar-refractivity contribution is -0.133. The highest BCUT2D eigenvalue weighted by Gasteiger charge is 2.22. The molecule has 1 amide bonds. The molecule has 2 aliphatic heterocycles. The average molecular weight is 396 g/mol. The standard InChI is InChI=1S/C22H29N5O2/c28-21-3-1-2-10-26(21)14-13-25-11-6-18(7-12-25)16-27-17-24-20(15-22(27)29)19-4-8-23-9-5-19/h4-5,8-9,15,17-18H,1-3,6-7,10-14,16H2. The van der Waals surface area contributed by atoms with Gasteiger partial charge in [-0.3, -0.25) is 19.1 Å². The maximum absolute atomic E-state index is 12.5. The van der Waals surface area contributed by atoms with Crippen LogP contribution in [0.15, 0.2) is 41.7 Å². The molecule has 2 fully saturated rings. The Hall–Kier alpha value is -2.54. The summed E-state index contributed by atoms with van der Waals surface area (Å²) >= 11 is 0. The zero-order valence-corrected chi connectivity index (χ0v) is 16.9. The van der Waals surface area contributed by atoms with Crippen molar-refractivity contribution in [2.75, 3.05) is 32.7 Å². The molecule has 0 spiro atoms. The second-order valence-electron chi connectivity index (χ2n) is 8.12. The van der Waals surface area contributed by atoms with Gasteiger partial charge in [-0.05, 0) is 56.8 Å². The number of amides is 1. The lowest BCUT2D eigenvalue weighted by atomic mass is 9.96. The van der Waals surface area contributed by atoms with Crippen LogP contribution in [0.25, 0.3) is 11.3 Å². The fourth-order valence-electron chi connectivity index (χ4n) is 4.27. The summed E-state index contributed by atoms with van der Waals surface area (Å²) in [6, 6.07) is 5.33. The van der Waals surface area contributed by atoms with E-state index >= 15 is 0 Å². The smallest absolute Gasteiger partial charge is 0.253 e. The molecule has 7 heteroatoms. The van der Waals surface area contributed by atoms with E-state index < -0.39 is 0 Å². The van der Waals surface area contributed by atoms with Crippen LogP contribution in [0.1, 0.15) is 32.1 Å². The molecule has 4 heterocycles.